The SMILES string of the molecule is CC(C)(C)OC(=O)N(CCCO)CCCc1ccc2c(NC(=O)CC34CC5CC(CC(C5)C3)C4)cccc2n1. The van der Waals surface area contributed by atoms with Crippen molar-refractivity contribution in [2.45, 2.75) is 90.6 Å². The van der Waals surface area contributed by atoms with Crippen LogP contribution in [0.1, 0.15) is 84.3 Å². The van der Waals surface area contributed by atoms with Crippen LogP contribution in [0.4, 0.5) is 10.5 Å². The number of pyridine rings is 1. The third kappa shape index (κ3) is 6.92. The highest BCUT2D eigenvalue weighted by molar-refractivity contribution is 6.01. The van der Waals surface area contributed by atoms with Gasteiger partial charge in [0, 0.05) is 37.2 Å². The quantitative estimate of drug-likeness (QED) is 0.371. The average Bonchev–Trinajstić information content (AvgIpc) is 2.83. The minimum atomic E-state index is -0.559. The summed E-state index contributed by atoms with van der Waals surface area (Å²) in [5.41, 5.74) is 2.31. The average molecular weight is 536 g/mol. The van der Waals surface area contributed by atoms with Gasteiger partial charge in [-0.15, -0.1) is 0 Å². The lowest BCUT2D eigenvalue weighted by atomic mass is 9.49. The minimum Gasteiger partial charge on any atom is -0.444 e. The van der Waals surface area contributed by atoms with Crippen LogP contribution in [0.25, 0.3) is 10.9 Å². The molecule has 6 rings (SSSR count). The minimum absolute atomic E-state index is 0.0347. The van der Waals surface area contributed by atoms with E-state index in [1.807, 2.05) is 45.0 Å². The second-order valence-corrected chi connectivity index (χ2v) is 13.5. The van der Waals surface area contributed by atoms with Crippen LogP contribution in [-0.2, 0) is 16.0 Å². The number of carbonyl (C=O) groups is 2. The molecule has 4 bridgehead atoms. The van der Waals surface area contributed by atoms with E-state index in [-0.39, 0.29) is 24.0 Å². The van der Waals surface area contributed by atoms with E-state index >= 15 is 0 Å². The first-order valence-corrected chi connectivity index (χ1v) is 14.9. The zero-order valence-corrected chi connectivity index (χ0v) is 23.9. The van der Waals surface area contributed by atoms with Crippen molar-refractivity contribution in [3.63, 3.8) is 0 Å². The van der Waals surface area contributed by atoms with E-state index in [2.05, 4.69) is 11.4 Å². The molecule has 0 saturated heterocycles. The Kier molecular flexibility index (Phi) is 8.18. The number of rotatable bonds is 10. The third-order valence-electron chi connectivity index (χ3n) is 8.86. The summed E-state index contributed by atoms with van der Waals surface area (Å²) in [6.45, 7) is 6.60. The van der Waals surface area contributed by atoms with E-state index in [4.69, 9.17) is 9.72 Å². The van der Waals surface area contributed by atoms with Crippen LogP contribution >= 0.6 is 0 Å². The molecule has 7 heteroatoms. The molecule has 2 N–H and O–H groups in total. The zero-order chi connectivity index (χ0) is 27.6. The monoisotopic (exact) mass is 535 g/mol. The highest BCUT2D eigenvalue weighted by Gasteiger charge is 2.51. The number of hydrogen-bond donors (Lipinski definition) is 2. The highest BCUT2D eigenvalue weighted by atomic mass is 16.6. The maximum Gasteiger partial charge on any atom is 0.410 e. The molecule has 0 radical (unpaired) electrons. The van der Waals surface area contributed by atoms with Gasteiger partial charge in [-0.3, -0.25) is 9.78 Å². The van der Waals surface area contributed by atoms with Gasteiger partial charge in [-0.1, -0.05) is 6.07 Å². The van der Waals surface area contributed by atoms with Crippen LogP contribution in [0.15, 0.2) is 30.3 Å². The summed E-state index contributed by atoms with van der Waals surface area (Å²) in [6.07, 6.45) is 10.1. The van der Waals surface area contributed by atoms with Crippen molar-refractivity contribution in [1.29, 1.82) is 0 Å². The number of aliphatic hydroxyl groups is 1. The van der Waals surface area contributed by atoms with Crippen LogP contribution in [0.5, 0.6) is 0 Å². The van der Waals surface area contributed by atoms with Gasteiger partial charge >= 0.3 is 6.09 Å². The number of carbonyl (C=O) groups excluding carboxylic acids is 2. The van der Waals surface area contributed by atoms with E-state index in [1.54, 1.807) is 4.90 Å². The first kappa shape index (κ1) is 27.9. The van der Waals surface area contributed by atoms with Crippen LogP contribution in [-0.4, -0.2) is 52.3 Å². The number of amides is 2. The Morgan fingerprint density at radius 2 is 1.69 bits per heavy atom. The van der Waals surface area contributed by atoms with Gasteiger partial charge in [0.25, 0.3) is 0 Å². The van der Waals surface area contributed by atoms with Gasteiger partial charge in [0.1, 0.15) is 5.60 Å². The molecule has 7 nitrogen and oxygen atoms in total. The summed E-state index contributed by atoms with van der Waals surface area (Å²) < 4.78 is 5.53. The summed E-state index contributed by atoms with van der Waals surface area (Å²) in [5, 5.41) is 13.4. The molecule has 4 saturated carbocycles. The summed E-state index contributed by atoms with van der Waals surface area (Å²) >= 11 is 0. The Bertz CT molecular complexity index is 1150. The van der Waals surface area contributed by atoms with Crippen LogP contribution in [0.2, 0.25) is 0 Å². The fourth-order valence-electron chi connectivity index (χ4n) is 7.82. The van der Waals surface area contributed by atoms with Crippen molar-refractivity contribution in [2.24, 2.45) is 23.2 Å². The van der Waals surface area contributed by atoms with E-state index < -0.39 is 5.60 Å². The van der Waals surface area contributed by atoms with Gasteiger partial charge in [0.2, 0.25) is 5.91 Å². The predicted molar refractivity (Wildman–Crippen MR) is 153 cm³/mol. The predicted octanol–water partition coefficient (Wildman–Crippen LogP) is 6.33. The van der Waals surface area contributed by atoms with Crippen molar-refractivity contribution in [1.82, 2.24) is 9.88 Å². The molecule has 0 aliphatic heterocycles. The number of nitrogens with one attached hydrogen (secondary N) is 1. The lowest BCUT2D eigenvalue weighted by Crippen LogP contribution is -2.47. The Balaban J connectivity index is 1.19. The molecule has 1 aromatic heterocycles. The van der Waals surface area contributed by atoms with Gasteiger partial charge in [-0.25, -0.2) is 4.79 Å². The number of aromatic nitrogens is 1. The number of aryl methyl sites for hydroxylation is 1. The van der Waals surface area contributed by atoms with Crippen LogP contribution < -0.4 is 5.32 Å². The fourth-order valence-corrected chi connectivity index (χ4v) is 7.82. The second kappa shape index (κ2) is 11.4. The largest absolute Gasteiger partial charge is 0.444 e. The molecule has 2 amide bonds. The Morgan fingerprint density at radius 1 is 1.03 bits per heavy atom. The number of nitrogens with zero attached hydrogens (tertiary/aromatic N) is 2. The molecule has 0 atom stereocenters. The van der Waals surface area contributed by atoms with Gasteiger partial charge in [0.15, 0.2) is 0 Å². The van der Waals surface area contributed by atoms with Crippen molar-refractivity contribution >= 4 is 28.6 Å². The van der Waals surface area contributed by atoms with E-state index in [0.29, 0.717) is 25.9 Å². The zero-order valence-electron chi connectivity index (χ0n) is 23.9. The molecular formula is C32H45N3O4. The number of anilines is 1. The number of benzene rings is 1. The number of fused-ring (bicyclic) bond motifs is 1. The van der Waals surface area contributed by atoms with E-state index in [9.17, 15) is 14.7 Å². The van der Waals surface area contributed by atoms with Crippen molar-refractivity contribution in [3.8, 4) is 0 Å². The molecule has 1 aromatic carbocycles. The lowest BCUT2D eigenvalue weighted by Gasteiger charge is -2.56. The van der Waals surface area contributed by atoms with Crippen molar-refractivity contribution < 1.29 is 19.4 Å². The maximum absolute atomic E-state index is 13.2. The molecule has 1 heterocycles. The third-order valence-corrected chi connectivity index (χ3v) is 8.86. The second-order valence-electron chi connectivity index (χ2n) is 13.5. The first-order valence-electron chi connectivity index (χ1n) is 14.9. The van der Waals surface area contributed by atoms with E-state index in [1.165, 1.54) is 38.5 Å². The highest BCUT2D eigenvalue weighted by Crippen LogP contribution is 2.61. The standard InChI is InChI=1S/C32H45N3O4/c1-31(2,3)39-30(38)35(13-6-14-36)12-5-7-25-10-11-26-27(33-25)8-4-9-28(26)34-29(37)21-32-18-22-15-23(19-32)17-24(16-22)20-32/h4,8-11,22-24,36H,5-7,12-21H2,1-3H3,(H,34,37). The van der Waals surface area contributed by atoms with Gasteiger partial charge in [-0.05, 0) is 126 Å². The molecule has 0 spiro atoms. The Morgan fingerprint density at radius 3 is 2.33 bits per heavy atom. The molecule has 2 aromatic rings. The van der Waals surface area contributed by atoms with Crippen molar-refractivity contribution in [2.75, 3.05) is 25.0 Å². The summed E-state index contributed by atoms with van der Waals surface area (Å²) in [7, 11) is 0. The molecule has 212 valence electrons. The number of ether oxygens (including phenoxy) is 1. The molecule has 39 heavy (non-hydrogen) atoms. The summed E-state index contributed by atoms with van der Waals surface area (Å²) in [6, 6.07) is 9.99. The van der Waals surface area contributed by atoms with Crippen molar-refractivity contribution in [3.05, 3.63) is 36.0 Å². The number of hydrogen-bond acceptors (Lipinski definition) is 5. The molecule has 4 aliphatic rings. The Hall–Kier alpha value is -2.67. The van der Waals surface area contributed by atoms with Gasteiger partial charge in [0.05, 0.1) is 11.2 Å². The molecule has 4 fully saturated rings. The molecule has 4 aliphatic carbocycles. The maximum atomic E-state index is 13.2. The Labute approximate surface area is 232 Å². The fraction of sp³-hybridized carbons (Fsp3) is 0.656. The molecule has 0 unspecified atom stereocenters. The van der Waals surface area contributed by atoms with Gasteiger partial charge < -0.3 is 20.1 Å². The topological polar surface area (TPSA) is 91.8 Å². The first-order chi connectivity index (χ1) is 18.6. The van der Waals surface area contributed by atoms with E-state index in [0.717, 1.165) is 52.9 Å². The van der Waals surface area contributed by atoms with Gasteiger partial charge in [-0.2, -0.15) is 0 Å². The summed E-state index contributed by atoms with van der Waals surface area (Å²) in [4.78, 5) is 32.3. The number of aliphatic hydroxyl groups excluding tert-OH is 1. The van der Waals surface area contributed by atoms with Crippen LogP contribution in [0.3, 0.4) is 0 Å². The molecular weight excluding hydrogens is 490 g/mol. The smallest absolute Gasteiger partial charge is 0.410 e. The van der Waals surface area contributed by atoms with Crippen LogP contribution in [0, 0.1) is 23.2 Å². The normalized spacial score (nSPS) is 25.6. The lowest BCUT2D eigenvalue weighted by molar-refractivity contribution is -0.124. The summed E-state index contributed by atoms with van der Waals surface area (Å²) in [5.74, 6) is 2.67.